The van der Waals surface area contributed by atoms with Crippen molar-refractivity contribution in [2.75, 3.05) is 13.7 Å². The normalized spacial score (nSPS) is 19.9. The molecule has 2 aliphatic rings. The number of fused-ring (bicyclic) bond motifs is 4. The van der Waals surface area contributed by atoms with E-state index in [2.05, 4.69) is 37.8 Å². The monoisotopic (exact) mass is 357 g/mol. The second-order valence-electron chi connectivity index (χ2n) is 8.52. The summed E-state index contributed by atoms with van der Waals surface area (Å²) in [7, 11) is 1.65. The van der Waals surface area contributed by atoms with Gasteiger partial charge in [0, 0.05) is 34.4 Å². The standard InChI is InChI=1S/C21H27NO2S/c1-21(2,3)11-14-10-15-17-9-13-5-6-18(23)20(24-4)16(13)12-22(17)8-7-19(15)25-14/h5-6,10,17,23H,7-9,11-12H2,1-4H3/t17-/m0/s1. The molecule has 0 unspecified atom stereocenters. The second-order valence-corrected chi connectivity index (χ2v) is 9.75. The van der Waals surface area contributed by atoms with E-state index in [-0.39, 0.29) is 5.75 Å². The molecule has 0 saturated heterocycles. The van der Waals surface area contributed by atoms with E-state index in [0.29, 0.717) is 17.2 Å². The minimum atomic E-state index is 0.250. The van der Waals surface area contributed by atoms with E-state index in [1.807, 2.05) is 11.3 Å². The van der Waals surface area contributed by atoms with Crippen LogP contribution in [0.25, 0.3) is 0 Å². The fourth-order valence-electron chi connectivity index (χ4n) is 4.27. The van der Waals surface area contributed by atoms with Gasteiger partial charge in [0.15, 0.2) is 11.5 Å². The van der Waals surface area contributed by atoms with Crippen LogP contribution in [0.4, 0.5) is 0 Å². The van der Waals surface area contributed by atoms with Gasteiger partial charge in [0.25, 0.3) is 0 Å². The molecule has 1 atom stereocenters. The summed E-state index contributed by atoms with van der Waals surface area (Å²) in [5, 5.41) is 10.1. The Balaban J connectivity index is 1.68. The molecule has 0 amide bonds. The Bertz CT molecular complexity index is 803. The number of ether oxygens (including phenoxy) is 1. The number of rotatable bonds is 2. The van der Waals surface area contributed by atoms with Crippen LogP contribution in [0.1, 0.15) is 53.3 Å². The van der Waals surface area contributed by atoms with E-state index < -0.39 is 0 Å². The maximum absolute atomic E-state index is 10.1. The van der Waals surface area contributed by atoms with E-state index in [1.54, 1.807) is 18.1 Å². The van der Waals surface area contributed by atoms with Gasteiger partial charge in [-0.05, 0) is 47.9 Å². The molecule has 3 heterocycles. The molecule has 0 aliphatic carbocycles. The highest BCUT2D eigenvalue weighted by molar-refractivity contribution is 7.12. The number of phenolic OH excluding ortho intramolecular Hbond substituents is 1. The molecule has 2 aromatic rings. The van der Waals surface area contributed by atoms with Gasteiger partial charge in [-0.15, -0.1) is 11.3 Å². The predicted molar refractivity (Wildman–Crippen MR) is 103 cm³/mol. The minimum Gasteiger partial charge on any atom is -0.504 e. The number of phenols is 1. The highest BCUT2D eigenvalue weighted by Crippen LogP contribution is 2.45. The Morgan fingerprint density at radius 3 is 2.84 bits per heavy atom. The van der Waals surface area contributed by atoms with Crippen molar-refractivity contribution in [2.24, 2.45) is 5.41 Å². The van der Waals surface area contributed by atoms with Crippen molar-refractivity contribution in [3.05, 3.63) is 44.6 Å². The molecule has 0 bridgehead atoms. The highest BCUT2D eigenvalue weighted by Gasteiger charge is 2.35. The first-order chi connectivity index (χ1) is 11.9. The van der Waals surface area contributed by atoms with Crippen LogP contribution in [0.3, 0.4) is 0 Å². The molecule has 0 saturated carbocycles. The number of methoxy groups -OCH3 is 1. The van der Waals surface area contributed by atoms with Crippen LogP contribution >= 0.6 is 11.3 Å². The summed E-state index contributed by atoms with van der Waals surface area (Å²) in [6.45, 7) is 8.89. The van der Waals surface area contributed by atoms with Crippen molar-refractivity contribution < 1.29 is 9.84 Å². The summed E-state index contributed by atoms with van der Waals surface area (Å²) in [6, 6.07) is 6.78. The van der Waals surface area contributed by atoms with Crippen molar-refractivity contribution in [2.45, 2.75) is 52.6 Å². The molecule has 2 aliphatic heterocycles. The predicted octanol–water partition coefficient (Wildman–Crippen LogP) is 4.71. The molecule has 4 heteroatoms. The third-order valence-corrected chi connectivity index (χ3v) is 6.55. The fourth-order valence-corrected chi connectivity index (χ4v) is 5.79. The number of hydrogen-bond donors (Lipinski definition) is 1. The van der Waals surface area contributed by atoms with Gasteiger partial charge in [0.2, 0.25) is 0 Å². The van der Waals surface area contributed by atoms with Gasteiger partial charge in [0.05, 0.1) is 7.11 Å². The minimum absolute atomic E-state index is 0.250. The SMILES string of the molecule is COc1c(O)ccc2c1CN1CCc3sc(CC(C)(C)C)cc3[C@@H]1C2. The first kappa shape index (κ1) is 16.9. The van der Waals surface area contributed by atoms with E-state index in [4.69, 9.17) is 4.74 Å². The van der Waals surface area contributed by atoms with Crippen LogP contribution in [0.2, 0.25) is 0 Å². The van der Waals surface area contributed by atoms with Gasteiger partial charge in [-0.1, -0.05) is 26.8 Å². The molecule has 0 radical (unpaired) electrons. The Morgan fingerprint density at radius 1 is 1.32 bits per heavy atom. The summed E-state index contributed by atoms with van der Waals surface area (Å²) in [6.07, 6.45) is 3.29. The molecule has 1 N–H and O–H groups in total. The van der Waals surface area contributed by atoms with Gasteiger partial charge >= 0.3 is 0 Å². The van der Waals surface area contributed by atoms with E-state index in [0.717, 1.165) is 37.9 Å². The average Bonchev–Trinajstić information content (AvgIpc) is 2.94. The quantitative estimate of drug-likeness (QED) is 0.845. The summed E-state index contributed by atoms with van der Waals surface area (Å²) < 4.78 is 5.48. The molecular formula is C21H27NO2S. The van der Waals surface area contributed by atoms with Gasteiger partial charge in [-0.3, -0.25) is 4.90 Å². The third kappa shape index (κ3) is 3.06. The topological polar surface area (TPSA) is 32.7 Å². The van der Waals surface area contributed by atoms with Crippen LogP contribution < -0.4 is 4.74 Å². The summed E-state index contributed by atoms with van der Waals surface area (Å²) >= 11 is 2.02. The Morgan fingerprint density at radius 2 is 2.12 bits per heavy atom. The Kier molecular flexibility index (Phi) is 4.08. The number of nitrogens with zero attached hydrogens (tertiary/aromatic N) is 1. The molecule has 4 rings (SSSR count). The molecule has 0 fully saturated rings. The lowest BCUT2D eigenvalue weighted by Crippen LogP contribution is -2.38. The number of benzene rings is 1. The number of hydrogen-bond acceptors (Lipinski definition) is 4. The number of aromatic hydroxyl groups is 1. The highest BCUT2D eigenvalue weighted by atomic mass is 32.1. The zero-order valence-corrected chi connectivity index (χ0v) is 16.4. The molecule has 1 aromatic heterocycles. The maximum Gasteiger partial charge on any atom is 0.165 e. The molecule has 1 aromatic carbocycles. The first-order valence-corrected chi connectivity index (χ1v) is 9.90. The maximum atomic E-state index is 10.1. The molecule has 134 valence electrons. The fraction of sp³-hybridized carbons (Fsp3) is 0.524. The molecule has 0 spiro atoms. The van der Waals surface area contributed by atoms with Crippen molar-refractivity contribution >= 4 is 11.3 Å². The van der Waals surface area contributed by atoms with Gasteiger partial charge in [-0.2, -0.15) is 0 Å². The van der Waals surface area contributed by atoms with Crippen LogP contribution in [0.15, 0.2) is 18.2 Å². The van der Waals surface area contributed by atoms with E-state index in [1.165, 1.54) is 16.0 Å². The van der Waals surface area contributed by atoms with Crippen LogP contribution in [-0.2, 0) is 25.8 Å². The first-order valence-electron chi connectivity index (χ1n) is 9.09. The third-order valence-electron chi connectivity index (χ3n) is 5.34. The zero-order chi connectivity index (χ0) is 17.8. The molecule has 25 heavy (non-hydrogen) atoms. The lowest BCUT2D eigenvalue weighted by Gasteiger charge is -2.40. The van der Waals surface area contributed by atoms with Crippen LogP contribution in [0.5, 0.6) is 11.5 Å². The Hall–Kier alpha value is -1.52. The van der Waals surface area contributed by atoms with Gasteiger partial charge in [0.1, 0.15) is 0 Å². The van der Waals surface area contributed by atoms with Crippen molar-refractivity contribution in [3.63, 3.8) is 0 Å². The van der Waals surface area contributed by atoms with Crippen LogP contribution in [0, 0.1) is 5.41 Å². The number of thiophene rings is 1. The summed E-state index contributed by atoms with van der Waals surface area (Å²) in [5.74, 6) is 0.904. The lowest BCUT2D eigenvalue weighted by atomic mass is 9.86. The van der Waals surface area contributed by atoms with Crippen molar-refractivity contribution in [1.29, 1.82) is 0 Å². The summed E-state index contributed by atoms with van der Waals surface area (Å²) in [4.78, 5) is 5.66. The summed E-state index contributed by atoms with van der Waals surface area (Å²) in [5.41, 5.74) is 4.34. The molecule has 3 nitrogen and oxygen atoms in total. The smallest absolute Gasteiger partial charge is 0.165 e. The van der Waals surface area contributed by atoms with E-state index in [9.17, 15) is 5.11 Å². The van der Waals surface area contributed by atoms with Crippen LogP contribution in [-0.4, -0.2) is 23.7 Å². The van der Waals surface area contributed by atoms with E-state index >= 15 is 0 Å². The average molecular weight is 358 g/mol. The lowest BCUT2D eigenvalue weighted by molar-refractivity contribution is 0.159. The zero-order valence-electron chi connectivity index (χ0n) is 15.6. The Labute approximate surface area is 154 Å². The largest absolute Gasteiger partial charge is 0.504 e. The van der Waals surface area contributed by atoms with Gasteiger partial charge in [-0.25, -0.2) is 0 Å². The van der Waals surface area contributed by atoms with Crippen molar-refractivity contribution in [3.8, 4) is 11.5 Å². The molecular weight excluding hydrogens is 330 g/mol. The second kappa shape index (κ2) is 6.03. The van der Waals surface area contributed by atoms with Gasteiger partial charge < -0.3 is 9.84 Å². The van der Waals surface area contributed by atoms with Crippen molar-refractivity contribution in [1.82, 2.24) is 4.90 Å².